The van der Waals surface area contributed by atoms with Crippen molar-refractivity contribution in [3.63, 3.8) is 0 Å². The lowest BCUT2D eigenvalue weighted by Crippen LogP contribution is -2.48. The third-order valence-electron chi connectivity index (χ3n) is 5.69. The van der Waals surface area contributed by atoms with Gasteiger partial charge in [-0.25, -0.2) is 0 Å². The van der Waals surface area contributed by atoms with E-state index in [1.807, 2.05) is 6.07 Å². The predicted molar refractivity (Wildman–Crippen MR) is 123 cm³/mol. The molecule has 1 amide bonds. The summed E-state index contributed by atoms with van der Waals surface area (Å²) in [5.74, 6) is -0.529. The van der Waals surface area contributed by atoms with Gasteiger partial charge in [0.2, 0.25) is 0 Å². The number of carbonyl (C=O) groups excluding carboxylic acids is 1. The monoisotopic (exact) mass is 469 g/mol. The molecule has 0 radical (unpaired) electrons. The molecule has 9 nitrogen and oxygen atoms in total. The number of hydrogen-bond acceptors (Lipinski definition) is 6. The number of benzene rings is 3. The van der Waals surface area contributed by atoms with Gasteiger partial charge in [-0.05, 0) is 34.0 Å². The number of rotatable bonds is 6. The van der Waals surface area contributed by atoms with Crippen molar-refractivity contribution in [2.45, 2.75) is 12.3 Å². The summed E-state index contributed by atoms with van der Waals surface area (Å²) in [6.45, 7) is 3.03. The van der Waals surface area contributed by atoms with Gasteiger partial charge in [-0.15, -0.1) is 0 Å². The Morgan fingerprint density at radius 2 is 1.64 bits per heavy atom. The lowest BCUT2D eigenvalue weighted by atomic mass is 10.0. The van der Waals surface area contributed by atoms with E-state index in [1.54, 1.807) is 53.4 Å². The molecule has 0 saturated carbocycles. The fraction of sp³-hybridized carbons (Fsp3) is 0.261. The molecule has 10 heteroatoms. The van der Waals surface area contributed by atoms with Crippen molar-refractivity contribution in [3.05, 3.63) is 87.5 Å². The van der Waals surface area contributed by atoms with Crippen molar-refractivity contribution >= 4 is 32.5 Å². The van der Waals surface area contributed by atoms with Crippen LogP contribution in [0.1, 0.15) is 21.5 Å². The van der Waals surface area contributed by atoms with Crippen LogP contribution in [0, 0.1) is 10.1 Å². The van der Waals surface area contributed by atoms with Crippen molar-refractivity contribution in [2.75, 3.05) is 26.2 Å². The number of nitro benzene ring substituents is 1. The van der Waals surface area contributed by atoms with E-state index in [4.69, 9.17) is 4.55 Å². The Hall–Kier alpha value is -3.34. The number of nitrogens with zero attached hydrogens (tertiary/aromatic N) is 3. The highest BCUT2D eigenvalue weighted by Gasteiger charge is 2.23. The molecular weight excluding hydrogens is 446 g/mol. The SMILES string of the molecule is O=C(c1ccc2cc(CS(=O)(=O)O)ccc2c1)N1CCN(Cc2cccc([N+](=O)[O-])c2)CC1. The van der Waals surface area contributed by atoms with Crippen molar-refractivity contribution < 1.29 is 22.7 Å². The number of fused-ring (bicyclic) bond motifs is 1. The molecule has 0 aliphatic carbocycles. The average Bonchev–Trinajstić information content (AvgIpc) is 2.78. The fourth-order valence-corrected chi connectivity index (χ4v) is 4.65. The maximum atomic E-state index is 13.0. The smallest absolute Gasteiger partial charge is 0.269 e. The van der Waals surface area contributed by atoms with E-state index >= 15 is 0 Å². The fourth-order valence-electron chi connectivity index (χ4n) is 4.05. The number of nitro groups is 1. The molecule has 1 saturated heterocycles. The Kier molecular flexibility index (Phi) is 6.41. The highest BCUT2D eigenvalue weighted by atomic mass is 32.2. The molecule has 0 aromatic heterocycles. The molecule has 1 N–H and O–H groups in total. The van der Waals surface area contributed by atoms with E-state index in [2.05, 4.69) is 4.90 Å². The van der Waals surface area contributed by atoms with Gasteiger partial charge in [0.15, 0.2) is 0 Å². The summed E-state index contributed by atoms with van der Waals surface area (Å²) < 4.78 is 31.2. The Balaban J connectivity index is 1.39. The summed E-state index contributed by atoms with van der Waals surface area (Å²) in [4.78, 5) is 27.5. The van der Waals surface area contributed by atoms with Crippen molar-refractivity contribution in [1.29, 1.82) is 0 Å². The molecule has 3 aromatic carbocycles. The summed E-state index contributed by atoms with van der Waals surface area (Å²) in [6, 6.07) is 16.9. The van der Waals surface area contributed by atoms with Crippen molar-refractivity contribution in [1.82, 2.24) is 9.80 Å². The van der Waals surface area contributed by atoms with E-state index in [1.165, 1.54) is 6.07 Å². The maximum absolute atomic E-state index is 13.0. The average molecular weight is 470 g/mol. The highest BCUT2D eigenvalue weighted by molar-refractivity contribution is 7.85. The number of amides is 1. The normalized spacial score (nSPS) is 15.0. The zero-order chi connectivity index (χ0) is 23.6. The van der Waals surface area contributed by atoms with Gasteiger partial charge in [0, 0.05) is 50.4 Å². The molecule has 1 aliphatic heterocycles. The van der Waals surface area contributed by atoms with Gasteiger partial charge in [-0.1, -0.05) is 36.4 Å². The maximum Gasteiger partial charge on any atom is 0.269 e. The summed E-state index contributed by atoms with van der Waals surface area (Å²) >= 11 is 0. The van der Waals surface area contributed by atoms with Crippen LogP contribution in [0.5, 0.6) is 0 Å². The van der Waals surface area contributed by atoms with Gasteiger partial charge in [0.25, 0.3) is 21.7 Å². The Morgan fingerprint density at radius 3 is 2.33 bits per heavy atom. The quantitative estimate of drug-likeness (QED) is 0.334. The topological polar surface area (TPSA) is 121 Å². The zero-order valence-electron chi connectivity index (χ0n) is 17.8. The first kappa shape index (κ1) is 22.8. The van der Waals surface area contributed by atoms with Gasteiger partial charge in [-0.2, -0.15) is 8.42 Å². The minimum atomic E-state index is -4.11. The Labute approximate surface area is 191 Å². The molecule has 1 fully saturated rings. The highest BCUT2D eigenvalue weighted by Crippen LogP contribution is 2.21. The summed E-state index contributed by atoms with van der Waals surface area (Å²) in [5, 5.41) is 12.6. The van der Waals surface area contributed by atoms with E-state index in [0.29, 0.717) is 43.9 Å². The summed E-state index contributed by atoms with van der Waals surface area (Å²) in [5.41, 5.74) is 1.97. The molecule has 0 unspecified atom stereocenters. The van der Waals surface area contributed by atoms with E-state index < -0.39 is 20.8 Å². The number of non-ortho nitro benzene ring substituents is 1. The lowest BCUT2D eigenvalue weighted by Gasteiger charge is -2.34. The minimum Gasteiger partial charge on any atom is -0.336 e. The first-order valence-corrected chi connectivity index (χ1v) is 12.0. The van der Waals surface area contributed by atoms with Crippen LogP contribution in [-0.2, 0) is 22.4 Å². The molecule has 0 spiro atoms. The van der Waals surface area contributed by atoms with Gasteiger partial charge in [0.05, 0.1) is 4.92 Å². The molecule has 1 aliphatic rings. The molecule has 1 heterocycles. The first-order valence-electron chi connectivity index (χ1n) is 10.4. The molecule has 0 atom stereocenters. The first-order chi connectivity index (χ1) is 15.7. The van der Waals surface area contributed by atoms with Crippen LogP contribution in [0.15, 0.2) is 60.7 Å². The Morgan fingerprint density at radius 1 is 0.939 bits per heavy atom. The minimum absolute atomic E-state index is 0.0720. The van der Waals surface area contributed by atoms with E-state index in [9.17, 15) is 23.3 Å². The van der Waals surface area contributed by atoms with E-state index in [-0.39, 0.29) is 11.6 Å². The Bertz CT molecular complexity index is 1320. The molecule has 172 valence electrons. The van der Waals surface area contributed by atoms with Crippen molar-refractivity contribution in [2.24, 2.45) is 0 Å². The van der Waals surface area contributed by atoms with Crippen LogP contribution < -0.4 is 0 Å². The number of piperazine rings is 1. The van der Waals surface area contributed by atoms with E-state index in [0.717, 1.165) is 16.3 Å². The third-order valence-corrected chi connectivity index (χ3v) is 6.39. The van der Waals surface area contributed by atoms with Crippen LogP contribution in [-0.4, -0.2) is 59.8 Å². The molecule has 0 bridgehead atoms. The van der Waals surface area contributed by atoms with Crippen LogP contribution >= 0.6 is 0 Å². The zero-order valence-corrected chi connectivity index (χ0v) is 18.6. The van der Waals surface area contributed by atoms with Crippen LogP contribution in [0.4, 0.5) is 5.69 Å². The van der Waals surface area contributed by atoms with Gasteiger partial charge < -0.3 is 4.90 Å². The number of carbonyl (C=O) groups is 1. The second-order valence-corrected chi connectivity index (χ2v) is 9.57. The summed E-state index contributed by atoms with van der Waals surface area (Å²) in [6.07, 6.45) is 0. The standard InChI is InChI=1S/C23H23N3O6S/c27-23(21-7-6-19-12-18(16-33(30,31)32)4-5-20(19)14-21)25-10-8-24(9-11-25)15-17-2-1-3-22(13-17)26(28)29/h1-7,12-14H,8-11,15-16H2,(H,30,31,32). The van der Waals surface area contributed by atoms with Crippen LogP contribution in [0.25, 0.3) is 10.8 Å². The summed E-state index contributed by atoms with van der Waals surface area (Å²) in [7, 11) is -4.11. The van der Waals surface area contributed by atoms with Gasteiger partial charge >= 0.3 is 0 Å². The van der Waals surface area contributed by atoms with Crippen LogP contribution in [0.3, 0.4) is 0 Å². The second kappa shape index (κ2) is 9.26. The van der Waals surface area contributed by atoms with Crippen LogP contribution in [0.2, 0.25) is 0 Å². The van der Waals surface area contributed by atoms with Crippen molar-refractivity contribution in [3.8, 4) is 0 Å². The van der Waals surface area contributed by atoms with Gasteiger partial charge in [-0.3, -0.25) is 24.4 Å². The molecular formula is C23H23N3O6S. The third kappa shape index (κ3) is 5.72. The van der Waals surface area contributed by atoms with Gasteiger partial charge in [0.1, 0.15) is 5.75 Å². The predicted octanol–water partition coefficient (Wildman–Crippen LogP) is 3.09. The molecule has 33 heavy (non-hydrogen) atoms. The largest absolute Gasteiger partial charge is 0.336 e. The lowest BCUT2D eigenvalue weighted by molar-refractivity contribution is -0.384. The molecule has 4 rings (SSSR count). The number of hydrogen-bond donors (Lipinski definition) is 1. The second-order valence-electron chi connectivity index (χ2n) is 8.12. The molecule has 3 aromatic rings.